The molecule has 6 nitrogen and oxygen atoms in total. The molecule has 0 fully saturated rings. The van der Waals surface area contributed by atoms with E-state index in [1.807, 2.05) is 66.7 Å². The molecule has 34 heavy (non-hydrogen) atoms. The lowest BCUT2D eigenvalue weighted by Crippen LogP contribution is -2.45. The Morgan fingerprint density at radius 2 is 1.65 bits per heavy atom. The van der Waals surface area contributed by atoms with Gasteiger partial charge in [0.15, 0.2) is 0 Å². The van der Waals surface area contributed by atoms with Crippen molar-refractivity contribution in [1.82, 2.24) is 10.6 Å². The fraction of sp³-hybridized carbons (Fsp3) is 0.185. The van der Waals surface area contributed by atoms with E-state index in [0.29, 0.717) is 33.2 Å². The molecule has 4 rings (SSSR count). The molecule has 1 aliphatic heterocycles. The second-order valence-corrected chi connectivity index (χ2v) is 8.47. The highest BCUT2D eigenvalue weighted by Gasteiger charge is 2.36. The van der Waals surface area contributed by atoms with Crippen LogP contribution in [-0.4, -0.2) is 18.1 Å². The number of ether oxygens (including phenoxy) is 2. The average molecular weight is 477 g/mol. The van der Waals surface area contributed by atoms with E-state index in [2.05, 4.69) is 10.6 Å². The number of rotatable bonds is 7. The number of carbonyl (C=O) groups is 2. The summed E-state index contributed by atoms with van der Waals surface area (Å²) in [5.74, 6) is 0.00383. The number of urea groups is 1. The first-order valence-electron chi connectivity index (χ1n) is 11.0. The molecule has 0 saturated carbocycles. The van der Waals surface area contributed by atoms with Crippen molar-refractivity contribution >= 4 is 29.3 Å². The molecular formula is C27H25ClN2O4. The van der Waals surface area contributed by atoms with E-state index in [1.54, 1.807) is 26.0 Å². The lowest BCUT2D eigenvalue weighted by Gasteiger charge is -2.31. The first-order chi connectivity index (χ1) is 16.4. The van der Waals surface area contributed by atoms with Gasteiger partial charge in [-0.2, -0.15) is 0 Å². The topological polar surface area (TPSA) is 76.7 Å². The summed E-state index contributed by atoms with van der Waals surface area (Å²) >= 11 is 6.28. The van der Waals surface area contributed by atoms with Crippen molar-refractivity contribution in [2.45, 2.75) is 32.6 Å². The van der Waals surface area contributed by atoms with Crippen molar-refractivity contribution < 1.29 is 19.1 Å². The molecule has 2 N–H and O–H groups in total. The Balaban J connectivity index is 1.78. The van der Waals surface area contributed by atoms with E-state index in [1.165, 1.54) is 0 Å². The fourth-order valence-electron chi connectivity index (χ4n) is 3.75. The zero-order valence-electron chi connectivity index (χ0n) is 18.9. The van der Waals surface area contributed by atoms with Crippen molar-refractivity contribution in [3.63, 3.8) is 0 Å². The first-order valence-corrected chi connectivity index (χ1v) is 11.3. The number of para-hydroxylation sites is 1. The number of amides is 2. The van der Waals surface area contributed by atoms with Gasteiger partial charge >= 0.3 is 12.0 Å². The van der Waals surface area contributed by atoms with E-state index in [-0.39, 0.29) is 12.7 Å². The van der Waals surface area contributed by atoms with Crippen LogP contribution in [-0.2, 0) is 16.1 Å². The lowest BCUT2D eigenvalue weighted by molar-refractivity contribution is -0.143. The Hall–Kier alpha value is -3.77. The lowest BCUT2D eigenvalue weighted by atomic mass is 9.92. The molecule has 3 aromatic rings. The predicted molar refractivity (Wildman–Crippen MR) is 131 cm³/mol. The van der Waals surface area contributed by atoms with E-state index in [4.69, 9.17) is 21.1 Å². The van der Waals surface area contributed by atoms with E-state index in [9.17, 15) is 9.59 Å². The van der Waals surface area contributed by atoms with Gasteiger partial charge in [0.25, 0.3) is 0 Å². The summed E-state index contributed by atoms with van der Waals surface area (Å²) in [6.45, 7) is 3.80. The molecule has 3 aromatic carbocycles. The maximum Gasteiger partial charge on any atom is 0.338 e. The quantitative estimate of drug-likeness (QED) is 0.433. The average Bonchev–Trinajstić information content (AvgIpc) is 2.83. The smallest absolute Gasteiger partial charge is 0.338 e. The maximum absolute atomic E-state index is 13.3. The summed E-state index contributed by atoms with van der Waals surface area (Å²) in [5, 5.41) is 6.26. The summed E-state index contributed by atoms with van der Waals surface area (Å²) in [7, 11) is 0. The highest BCUT2D eigenvalue weighted by Crippen LogP contribution is 2.36. The third kappa shape index (κ3) is 5.24. The zero-order valence-corrected chi connectivity index (χ0v) is 19.6. The highest BCUT2D eigenvalue weighted by atomic mass is 35.5. The minimum Gasteiger partial charge on any atom is -0.488 e. The van der Waals surface area contributed by atoms with Gasteiger partial charge in [0.1, 0.15) is 12.4 Å². The Morgan fingerprint density at radius 3 is 2.38 bits per heavy atom. The molecule has 0 radical (unpaired) electrons. The summed E-state index contributed by atoms with van der Waals surface area (Å²) in [5.41, 5.74) is 2.86. The van der Waals surface area contributed by atoms with Gasteiger partial charge in [0.2, 0.25) is 0 Å². The second-order valence-electron chi connectivity index (χ2n) is 8.06. The van der Waals surface area contributed by atoms with Crippen LogP contribution in [0.25, 0.3) is 5.70 Å². The van der Waals surface area contributed by atoms with Crippen molar-refractivity contribution in [2.24, 2.45) is 0 Å². The fourth-order valence-corrected chi connectivity index (χ4v) is 3.94. The highest BCUT2D eigenvalue weighted by molar-refractivity contribution is 6.31. The number of halogens is 1. The molecule has 1 atom stereocenters. The number of esters is 1. The largest absolute Gasteiger partial charge is 0.488 e. The van der Waals surface area contributed by atoms with Crippen LogP contribution in [0.3, 0.4) is 0 Å². The van der Waals surface area contributed by atoms with Gasteiger partial charge in [-0.3, -0.25) is 0 Å². The molecule has 0 saturated heterocycles. The van der Waals surface area contributed by atoms with Gasteiger partial charge in [0.05, 0.1) is 23.4 Å². The van der Waals surface area contributed by atoms with E-state index in [0.717, 1.165) is 5.56 Å². The number of nitrogens with one attached hydrogen (secondary N) is 2. The molecular weight excluding hydrogens is 452 g/mol. The minimum atomic E-state index is -0.780. The third-order valence-corrected chi connectivity index (χ3v) is 5.64. The minimum absolute atomic E-state index is 0.233. The van der Waals surface area contributed by atoms with Crippen LogP contribution >= 0.6 is 11.6 Å². The van der Waals surface area contributed by atoms with E-state index >= 15 is 0 Å². The predicted octanol–water partition coefficient (Wildman–Crippen LogP) is 5.64. The van der Waals surface area contributed by atoms with E-state index < -0.39 is 18.0 Å². The third-order valence-electron chi connectivity index (χ3n) is 5.27. The van der Waals surface area contributed by atoms with Crippen LogP contribution in [0.4, 0.5) is 4.79 Å². The van der Waals surface area contributed by atoms with Gasteiger partial charge in [-0.25, -0.2) is 9.59 Å². The summed E-state index contributed by atoms with van der Waals surface area (Å²) in [4.78, 5) is 26.0. The zero-order chi connectivity index (χ0) is 24.1. The van der Waals surface area contributed by atoms with Gasteiger partial charge < -0.3 is 20.1 Å². The number of carbonyl (C=O) groups excluding carboxylic acids is 2. The Kier molecular flexibility index (Phi) is 7.18. The molecule has 0 aliphatic carbocycles. The SMILES string of the molecule is CC(C)OC(=O)C1=C(c2ccccc2)NC(=O)NC1c1ccccc1OCc1ccccc1Cl. The van der Waals surface area contributed by atoms with Crippen LogP contribution in [0.1, 0.15) is 36.6 Å². The van der Waals surface area contributed by atoms with Crippen LogP contribution < -0.4 is 15.4 Å². The van der Waals surface area contributed by atoms with Crippen LogP contribution in [0, 0.1) is 0 Å². The van der Waals surface area contributed by atoms with Crippen molar-refractivity contribution in [3.8, 4) is 5.75 Å². The van der Waals surface area contributed by atoms with Crippen LogP contribution in [0.2, 0.25) is 5.02 Å². The van der Waals surface area contributed by atoms with Crippen LogP contribution in [0.15, 0.2) is 84.4 Å². The maximum atomic E-state index is 13.3. The van der Waals surface area contributed by atoms with Gasteiger partial charge in [0, 0.05) is 16.1 Å². The Labute approximate surface area is 203 Å². The van der Waals surface area contributed by atoms with Gasteiger partial charge in [-0.15, -0.1) is 0 Å². The Bertz CT molecular complexity index is 1220. The molecule has 0 bridgehead atoms. The molecule has 1 heterocycles. The summed E-state index contributed by atoms with van der Waals surface area (Å²) in [6, 6.07) is 22.7. The molecule has 1 aliphatic rings. The molecule has 0 aromatic heterocycles. The molecule has 2 amide bonds. The molecule has 7 heteroatoms. The first kappa shape index (κ1) is 23.4. The second kappa shape index (κ2) is 10.4. The van der Waals surface area contributed by atoms with Crippen molar-refractivity contribution in [1.29, 1.82) is 0 Å². The number of hydrogen-bond donors (Lipinski definition) is 2. The number of hydrogen-bond acceptors (Lipinski definition) is 4. The standard InChI is InChI=1S/C27H25ClN2O4/c1-17(2)34-26(31)23-24(18-10-4-3-5-11-18)29-27(32)30-25(23)20-13-7-9-15-22(20)33-16-19-12-6-8-14-21(19)28/h3-15,17,25H,16H2,1-2H3,(H2,29,30,32). The molecule has 174 valence electrons. The molecule has 0 spiro atoms. The van der Waals surface area contributed by atoms with Crippen molar-refractivity contribution in [3.05, 3.63) is 106 Å². The summed E-state index contributed by atoms with van der Waals surface area (Å²) in [6.07, 6.45) is -0.331. The van der Waals surface area contributed by atoms with Crippen molar-refractivity contribution in [2.75, 3.05) is 0 Å². The molecule has 1 unspecified atom stereocenters. The Morgan fingerprint density at radius 1 is 0.971 bits per heavy atom. The van der Waals surface area contributed by atoms with Gasteiger partial charge in [-0.1, -0.05) is 78.3 Å². The monoisotopic (exact) mass is 476 g/mol. The number of benzene rings is 3. The summed E-state index contributed by atoms with van der Waals surface area (Å²) < 4.78 is 11.7. The normalized spacial score (nSPS) is 15.5. The van der Waals surface area contributed by atoms with Gasteiger partial charge in [-0.05, 0) is 31.5 Å². The van der Waals surface area contributed by atoms with Crippen LogP contribution in [0.5, 0.6) is 5.75 Å².